The van der Waals surface area contributed by atoms with Crippen molar-refractivity contribution in [2.45, 2.75) is 12.0 Å². The fourth-order valence-electron chi connectivity index (χ4n) is 3.25. The fourth-order valence-corrected chi connectivity index (χ4v) is 4.79. The molecule has 0 spiro atoms. The molecule has 3 nitrogen and oxygen atoms in total. The Morgan fingerprint density at radius 1 is 1.00 bits per heavy atom. The molecule has 1 saturated heterocycles. The minimum Gasteiger partial charge on any atom is -0.489 e. The second-order valence-corrected chi connectivity index (χ2v) is 8.64. The number of rotatable bonds is 5. The monoisotopic (exact) mass is 453 g/mol. The van der Waals surface area contributed by atoms with E-state index in [-0.39, 0.29) is 11.3 Å². The van der Waals surface area contributed by atoms with Crippen LogP contribution in [0.4, 0.5) is 0 Å². The van der Waals surface area contributed by atoms with Gasteiger partial charge in [-0.05, 0) is 35.9 Å². The third-order valence-corrected chi connectivity index (χ3v) is 6.44. The average Bonchev–Trinajstić information content (AvgIpc) is 3.23. The Morgan fingerprint density at radius 3 is 2.50 bits per heavy atom. The van der Waals surface area contributed by atoms with Gasteiger partial charge in [0.05, 0.1) is 0 Å². The van der Waals surface area contributed by atoms with Crippen LogP contribution in [0.3, 0.4) is 0 Å². The summed E-state index contributed by atoms with van der Waals surface area (Å²) in [6.07, 6.45) is 0. The molecule has 0 N–H and O–H groups in total. The minimum absolute atomic E-state index is 0.0388. The van der Waals surface area contributed by atoms with Crippen LogP contribution >= 0.6 is 27.7 Å². The largest absolute Gasteiger partial charge is 0.489 e. The molecule has 142 valence electrons. The molecule has 1 aliphatic rings. The van der Waals surface area contributed by atoms with Gasteiger partial charge in [0.15, 0.2) is 0 Å². The summed E-state index contributed by atoms with van der Waals surface area (Å²) in [4.78, 5) is 15.0. The van der Waals surface area contributed by atoms with Gasteiger partial charge < -0.3 is 9.64 Å². The van der Waals surface area contributed by atoms with Gasteiger partial charge in [-0.2, -0.15) is 0 Å². The van der Waals surface area contributed by atoms with Crippen molar-refractivity contribution in [3.8, 4) is 5.75 Å². The number of carbonyl (C=O) groups is 1. The molecule has 1 atom stereocenters. The number of hydrogen-bond donors (Lipinski definition) is 0. The third kappa shape index (κ3) is 4.26. The van der Waals surface area contributed by atoms with Crippen LogP contribution in [0.2, 0.25) is 0 Å². The zero-order chi connectivity index (χ0) is 19.3. The maximum Gasteiger partial charge on any atom is 0.255 e. The van der Waals surface area contributed by atoms with E-state index in [1.54, 1.807) is 11.8 Å². The first-order valence-electron chi connectivity index (χ1n) is 9.16. The number of thioether (sulfide) groups is 1. The first kappa shape index (κ1) is 19.1. The Morgan fingerprint density at radius 2 is 1.71 bits per heavy atom. The van der Waals surface area contributed by atoms with E-state index >= 15 is 0 Å². The Labute approximate surface area is 177 Å². The van der Waals surface area contributed by atoms with E-state index < -0.39 is 0 Å². The lowest BCUT2D eigenvalue weighted by atomic mass is 10.1. The van der Waals surface area contributed by atoms with Gasteiger partial charge in [0.25, 0.3) is 5.91 Å². The van der Waals surface area contributed by atoms with Crippen molar-refractivity contribution in [1.82, 2.24) is 4.90 Å². The molecule has 0 bridgehead atoms. The molecule has 1 heterocycles. The molecule has 28 heavy (non-hydrogen) atoms. The highest BCUT2D eigenvalue weighted by molar-refractivity contribution is 9.10. The summed E-state index contributed by atoms with van der Waals surface area (Å²) in [5.74, 6) is 1.81. The highest BCUT2D eigenvalue weighted by atomic mass is 79.9. The maximum absolute atomic E-state index is 13.1. The first-order valence-corrected chi connectivity index (χ1v) is 11.0. The van der Waals surface area contributed by atoms with Gasteiger partial charge in [-0.1, -0.05) is 64.5 Å². The van der Waals surface area contributed by atoms with Crippen LogP contribution in [-0.4, -0.2) is 23.1 Å². The van der Waals surface area contributed by atoms with Crippen molar-refractivity contribution < 1.29 is 9.53 Å². The molecule has 3 aromatic carbocycles. The molecular weight excluding hydrogens is 434 g/mol. The Balaban J connectivity index is 1.55. The lowest BCUT2D eigenvalue weighted by molar-refractivity contribution is 0.0759. The smallest absolute Gasteiger partial charge is 0.255 e. The van der Waals surface area contributed by atoms with Crippen molar-refractivity contribution in [2.24, 2.45) is 0 Å². The molecule has 0 aliphatic carbocycles. The van der Waals surface area contributed by atoms with Crippen LogP contribution < -0.4 is 4.74 Å². The van der Waals surface area contributed by atoms with Gasteiger partial charge in [0, 0.05) is 27.9 Å². The van der Waals surface area contributed by atoms with Crippen molar-refractivity contribution >= 4 is 33.6 Å². The summed E-state index contributed by atoms with van der Waals surface area (Å²) < 4.78 is 7.10. The third-order valence-electron chi connectivity index (χ3n) is 4.67. The van der Waals surface area contributed by atoms with Gasteiger partial charge in [-0.3, -0.25) is 4.79 Å². The van der Waals surface area contributed by atoms with Crippen molar-refractivity contribution in [3.05, 3.63) is 100 Å². The molecule has 1 fully saturated rings. The van der Waals surface area contributed by atoms with Gasteiger partial charge in [-0.25, -0.2) is 0 Å². The van der Waals surface area contributed by atoms with Gasteiger partial charge in [0.2, 0.25) is 0 Å². The summed E-state index contributed by atoms with van der Waals surface area (Å²) in [5.41, 5.74) is 2.88. The normalized spacial score (nSPS) is 16.2. The lowest BCUT2D eigenvalue weighted by Gasteiger charge is -2.26. The SMILES string of the molecule is O=C(c1ccc(Br)cc1)N1CCSC1c1ccccc1OCc1ccccc1. The molecule has 1 aliphatic heterocycles. The number of carbonyl (C=O) groups excluding carboxylic acids is 1. The molecule has 0 radical (unpaired) electrons. The molecule has 0 aromatic heterocycles. The minimum atomic E-state index is -0.0388. The predicted octanol–water partition coefficient (Wildman–Crippen LogP) is 5.92. The van der Waals surface area contributed by atoms with Crippen LogP contribution in [-0.2, 0) is 6.61 Å². The van der Waals surface area contributed by atoms with E-state index in [1.807, 2.05) is 65.6 Å². The van der Waals surface area contributed by atoms with E-state index in [9.17, 15) is 4.79 Å². The van der Waals surface area contributed by atoms with Gasteiger partial charge >= 0.3 is 0 Å². The van der Waals surface area contributed by atoms with E-state index in [2.05, 4.69) is 34.1 Å². The van der Waals surface area contributed by atoms with E-state index in [0.29, 0.717) is 12.2 Å². The zero-order valence-electron chi connectivity index (χ0n) is 15.3. The van der Waals surface area contributed by atoms with E-state index in [4.69, 9.17) is 4.74 Å². The topological polar surface area (TPSA) is 29.5 Å². The summed E-state index contributed by atoms with van der Waals surface area (Å²) >= 11 is 5.21. The van der Waals surface area contributed by atoms with E-state index in [1.165, 1.54) is 0 Å². The highest BCUT2D eigenvalue weighted by Crippen LogP contribution is 2.42. The Hall–Kier alpha value is -2.24. The van der Waals surface area contributed by atoms with Crippen LogP contribution in [0, 0.1) is 0 Å². The maximum atomic E-state index is 13.1. The number of halogens is 1. The van der Waals surface area contributed by atoms with Crippen LogP contribution in [0.1, 0.15) is 26.9 Å². The molecule has 0 saturated carbocycles. The second-order valence-electron chi connectivity index (χ2n) is 6.54. The standard InChI is InChI=1S/C23H20BrNO2S/c24-19-12-10-18(11-13-19)22(26)25-14-15-28-23(25)20-8-4-5-9-21(20)27-16-17-6-2-1-3-7-17/h1-13,23H,14-16H2. The molecule has 4 rings (SSSR count). The number of amides is 1. The average molecular weight is 454 g/mol. The second kappa shape index (κ2) is 8.84. The Bertz CT molecular complexity index is 946. The van der Waals surface area contributed by atoms with Gasteiger partial charge in [0.1, 0.15) is 17.7 Å². The van der Waals surface area contributed by atoms with Crippen LogP contribution in [0.5, 0.6) is 5.75 Å². The number of nitrogens with zero attached hydrogens (tertiary/aromatic N) is 1. The summed E-state index contributed by atoms with van der Waals surface area (Å²) in [6.45, 7) is 1.24. The highest BCUT2D eigenvalue weighted by Gasteiger charge is 2.33. The summed E-state index contributed by atoms with van der Waals surface area (Å²) in [6, 6.07) is 25.7. The first-order chi connectivity index (χ1) is 13.7. The number of hydrogen-bond acceptors (Lipinski definition) is 3. The molecule has 3 aromatic rings. The molecule has 5 heteroatoms. The van der Waals surface area contributed by atoms with Gasteiger partial charge in [-0.15, -0.1) is 11.8 Å². The molecule has 1 amide bonds. The summed E-state index contributed by atoms with van der Waals surface area (Å²) in [5, 5.41) is -0.0388. The molecule has 1 unspecified atom stereocenters. The quantitative estimate of drug-likeness (QED) is 0.480. The van der Waals surface area contributed by atoms with E-state index in [0.717, 1.165) is 33.6 Å². The predicted molar refractivity (Wildman–Crippen MR) is 118 cm³/mol. The number of benzene rings is 3. The van der Waals surface area contributed by atoms with Crippen molar-refractivity contribution in [1.29, 1.82) is 0 Å². The fraction of sp³-hybridized carbons (Fsp3) is 0.174. The lowest BCUT2D eigenvalue weighted by Crippen LogP contribution is -2.30. The van der Waals surface area contributed by atoms with Crippen LogP contribution in [0.25, 0.3) is 0 Å². The van der Waals surface area contributed by atoms with Crippen molar-refractivity contribution in [2.75, 3.05) is 12.3 Å². The molecular formula is C23H20BrNO2S. The van der Waals surface area contributed by atoms with Crippen molar-refractivity contribution in [3.63, 3.8) is 0 Å². The summed E-state index contributed by atoms with van der Waals surface area (Å²) in [7, 11) is 0. The van der Waals surface area contributed by atoms with Crippen LogP contribution in [0.15, 0.2) is 83.3 Å². The zero-order valence-corrected chi connectivity index (χ0v) is 17.7. The number of ether oxygens (including phenoxy) is 1. The number of para-hydroxylation sites is 1. The Kier molecular flexibility index (Phi) is 6.03.